The molecule has 0 aromatic heterocycles. The molecule has 0 amide bonds. The van der Waals surface area contributed by atoms with E-state index in [1.54, 1.807) is 0 Å². The second-order valence-electron chi connectivity index (χ2n) is 18.0. The van der Waals surface area contributed by atoms with Crippen LogP contribution in [-0.2, 0) is 42.2 Å². The van der Waals surface area contributed by atoms with Gasteiger partial charge in [-0.25, -0.2) is 4.57 Å². The van der Waals surface area contributed by atoms with E-state index in [1.165, 1.54) is 12.8 Å². The highest BCUT2D eigenvalue weighted by atomic mass is 31.2. The number of esters is 3. The summed E-state index contributed by atoms with van der Waals surface area (Å²) in [6.07, 6.45) is 68.6. The standard InChI is InChI=1S/C62H99O11P/c1-4-7-10-13-16-19-22-24-26-28-29-31-33-35-38-41-44-47-50-53-62(66)73-59(55-69-60(64)51-48-45-42-39-36-21-18-15-12-9-6-3)57-71-74(67,68)70-56-58(54-63)72-61(65)52-49-46-43-40-37-34-32-30-27-25-23-20-17-14-11-8-5-2/h7-8,10-11,15-20,24-27,29,31-32,34-35,38,44,47,58-59,63H,4-6,9,12-14,21-23,28,30,33,36-37,39-43,45-46,48-57H2,1-3H3,(H,67,68)/b10-7-,11-8-,18-15-,19-16-,20-17-,26-24-,27-25-,31-29-,34-32-,38-35-,47-44-. The van der Waals surface area contributed by atoms with E-state index in [-0.39, 0.29) is 25.9 Å². The van der Waals surface area contributed by atoms with Gasteiger partial charge in [-0.1, -0.05) is 199 Å². The van der Waals surface area contributed by atoms with Crippen LogP contribution in [0.15, 0.2) is 134 Å². The number of allylic oxidation sites excluding steroid dienone is 22. The number of rotatable bonds is 50. The van der Waals surface area contributed by atoms with Crippen LogP contribution in [0.25, 0.3) is 0 Å². The zero-order chi connectivity index (χ0) is 54.1. The van der Waals surface area contributed by atoms with Crippen molar-refractivity contribution >= 4 is 25.7 Å². The number of unbranched alkanes of at least 4 members (excludes halogenated alkanes) is 11. The van der Waals surface area contributed by atoms with Gasteiger partial charge in [0.05, 0.1) is 19.8 Å². The summed E-state index contributed by atoms with van der Waals surface area (Å²) in [5.41, 5.74) is 0. The van der Waals surface area contributed by atoms with Crippen molar-refractivity contribution in [3.8, 4) is 0 Å². The molecule has 0 saturated carbocycles. The van der Waals surface area contributed by atoms with E-state index >= 15 is 0 Å². The van der Waals surface area contributed by atoms with Crippen molar-refractivity contribution in [3.63, 3.8) is 0 Å². The Morgan fingerprint density at radius 1 is 0.392 bits per heavy atom. The Kier molecular flexibility index (Phi) is 51.6. The molecule has 0 aromatic carbocycles. The van der Waals surface area contributed by atoms with Crippen LogP contribution >= 0.6 is 7.82 Å². The first-order chi connectivity index (χ1) is 36.2. The van der Waals surface area contributed by atoms with Gasteiger partial charge < -0.3 is 24.2 Å². The summed E-state index contributed by atoms with van der Waals surface area (Å²) in [4.78, 5) is 48.4. The Balaban J connectivity index is 4.85. The predicted molar refractivity (Wildman–Crippen MR) is 306 cm³/mol. The molecule has 2 N–H and O–H groups in total. The SMILES string of the molecule is CC/C=C\C/C=C\C/C=C\C/C=C\C/C=C\C/C=C\CCC(=O)OC(COC(=O)CCCCCCC/C=C\CCCC)COP(=O)(O)OCC(CO)OC(=O)CCCCCC/C=C\C/C=C\C/C=C\C/C=C\CC. The molecule has 11 nitrogen and oxygen atoms in total. The van der Waals surface area contributed by atoms with E-state index in [9.17, 15) is 28.9 Å². The minimum absolute atomic E-state index is 0.0318. The van der Waals surface area contributed by atoms with Gasteiger partial charge in [-0.3, -0.25) is 23.4 Å². The van der Waals surface area contributed by atoms with Crippen molar-refractivity contribution in [2.75, 3.05) is 26.4 Å². The average molecular weight is 1050 g/mol. The van der Waals surface area contributed by atoms with Gasteiger partial charge in [-0.2, -0.15) is 0 Å². The van der Waals surface area contributed by atoms with Crippen LogP contribution in [0.2, 0.25) is 0 Å². The van der Waals surface area contributed by atoms with Crippen molar-refractivity contribution in [3.05, 3.63) is 134 Å². The summed E-state index contributed by atoms with van der Waals surface area (Å²) in [5, 5.41) is 9.81. The van der Waals surface area contributed by atoms with E-state index in [0.717, 1.165) is 122 Å². The molecular weight excluding hydrogens is 952 g/mol. The summed E-state index contributed by atoms with van der Waals surface area (Å²) in [7, 11) is -4.78. The lowest BCUT2D eigenvalue weighted by Crippen LogP contribution is -2.30. The third-order valence-electron chi connectivity index (χ3n) is 11.1. The second kappa shape index (κ2) is 54.9. The largest absolute Gasteiger partial charge is 0.472 e. The van der Waals surface area contributed by atoms with Gasteiger partial charge in [0.25, 0.3) is 0 Å². The maximum absolute atomic E-state index is 12.9. The van der Waals surface area contributed by atoms with Crippen molar-refractivity contribution in [2.45, 2.75) is 213 Å². The summed E-state index contributed by atoms with van der Waals surface area (Å²) in [5.74, 6) is -1.62. The fraction of sp³-hybridized carbons (Fsp3) is 0.597. The van der Waals surface area contributed by atoms with Crippen molar-refractivity contribution < 1.29 is 52.2 Å². The minimum atomic E-state index is -4.78. The molecule has 0 heterocycles. The average Bonchev–Trinajstić information content (AvgIpc) is 3.39. The first-order valence-electron chi connectivity index (χ1n) is 28.1. The van der Waals surface area contributed by atoms with Gasteiger partial charge >= 0.3 is 25.7 Å². The summed E-state index contributed by atoms with van der Waals surface area (Å²) in [6.45, 7) is 4.23. The number of hydrogen-bond donors (Lipinski definition) is 2. The van der Waals surface area contributed by atoms with Crippen LogP contribution in [0, 0.1) is 0 Å². The van der Waals surface area contributed by atoms with Gasteiger partial charge in [-0.05, 0) is 116 Å². The molecule has 0 aliphatic rings. The predicted octanol–water partition coefficient (Wildman–Crippen LogP) is 16.6. The molecule has 3 unspecified atom stereocenters. The molecular formula is C62H99O11P. The number of hydrogen-bond acceptors (Lipinski definition) is 10. The first-order valence-corrected chi connectivity index (χ1v) is 29.6. The first kappa shape index (κ1) is 69.6. The number of aliphatic hydroxyl groups is 1. The highest BCUT2D eigenvalue weighted by Gasteiger charge is 2.28. The number of carbonyl (C=O) groups excluding carboxylic acids is 3. The zero-order valence-electron chi connectivity index (χ0n) is 46.0. The van der Waals surface area contributed by atoms with Crippen molar-refractivity contribution in [2.24, 2.45) is 0 Å². The summed E-state index contributed by atoms with van der Waals surface area (Å²) >= 11 is 0. The van der Waals surface area contributed by atoms with Gasteiger partial charge in [0.15, 0.2) is 6.10 Å². The van der Waals surface area contributed by atoms with E-state index < -0.39 is 57.8 Å². The summed E-state index contributed by atoms with van der Waals surface area (Å²) in [6, 6.07) is 0. The quantitative estimate of drug-likeness (QED) is 0.0197. The van der Waals surface area contributed by atoms with Crippen molar-refractivity contribution in [1.29, 1.82) is 0 Å². The normalized spacial score (nSPS) is 14.4. The lowest BCUT2D eigenvalue weighted by Gasteiger charge is -2.21. The molecule has 0 spiro atoms. The van der Waals surface area contributed by atoms with Crippen molar-refractivity contribution in [1.82, 2.24) is 0 Å². The fourth-order valence-electron chi connectivity index (χ4n) is 6.82. The van der Waals surface area contributed by atoms with E-state index in [0.29, 0.717) is 25.7 Å². The van der Waals surface area contributed by atoms with Crippen LogP contribution in [0.4, 0.5) is 0 Å². The van der Waals surface area contributed by atoms with Gasteiger partial charge in [0.1, 0.15) is 12.7 Å². The maximum atomic E-state index is 12.9. The number of phosphoric acid groups is 1. The Hall–Kier alpha value is -4.38. The number of phosphoric ester groups is 1. The number of aliphatic hydroxyl groups excluding tert-OH is 1. The third kappa shape index (κ3) is 52.5. The van der Waals surface area contributed by atoms with Crippen LogP contribution in [0.1, 0.15) is 201 Å². The molecule has 12 heteroatoms. The lowest BCUT2D eigenvalue weighted by molar-refractivity contribution is -0.161. The van der Waals surface area contributed by atoms with E-state index in [1.807, 2.05) is 12.2 Å². The fourth-order valence-corrected chi connectivity index (χ4v) is 7.61. The van der Waals surface area contributed by atoms with Crippen LogP contribution < -0.4 is 0 Å². The van der Waals surface area contributed by atoms with Crippen LogP contribution in [0.3, 0.4) is 0 Å². The monoisotopic (exact) mass is 1050 g/mol. The Labute approximate surface area is 449 Å². The maximum Gasteiger partial charge on any atom is 0.472 e. The Morgan fingerprint density at radius 3 is 1.18 bits per heavy atom. The number of ether oxygens (including phenoxy) is 3. The van der Waals surface area contributed by atoms with Gasteiger partial charge in [0, 0.05) is 19.3 Å². The van der Waals surface area contributed by atoms with Gasteiger partial charge in [-0.15, -0.1) is 0 Å². The van der Waals surface area contributed by atoms with Gasteiger partial charge in [0.2, 0.25) is 0 Å². The minimum Gasteiger partial charge on any atom is -0.462 e. The summed E-state index contributed by atoms with van der Waals surface area (Å²) < 4.78 is 39.3. The van der Waals surface area contributed by atoms with E-state index in [4.69, 9.17) is 23.3 Å². The molecule has 0 aliphatic carbocycles. The van der Waals surface area contributed by atoms with Crippen LogP contribution in [-0.4, -0.2) is 66.5 Å². The lowest BCUT2D eigenvalue weighted by atomic mass is 10.1. The Morgan fingerprint density at radius 2 is 0.730 bits per heavy atom. The molecule has 0 saturated heterocycles. The molecule has 0 radical (unpaired) electrons. The highest BCUT2D eigenvalue weighted by molar-refractivity contribution is 7.47. The topological polar surface area (TPSA) is 155 Å². The molecule has 0 aliphatic heterocycles. The molecule has 0 rings (SSSR count). The zero-order valence-corrected chi connectivity index (χ0v) is 46.9. The molecule has 0 fully saturated rings. The van der Waals surface area contributed by atoms with Crippen LogP contribution in [0.5, 0.6) is 0 Å². The Bertz CT molecular complexity index is 1750. The van der Waals surface area contributed by atoms with E-state index in [2.05, 4.69) is 142 Å². The molecule has 74 heavy (non-hydrogen) atoms. The third-order valence-corrected chi connectivity index (χ3v) is 12.0. The molecule has 0 aromatic rings. The second-order valence-corrected chi connectivity index (χ2v) is 19.4. The number of carbonyl (C=O) groups is 3. The molecule has 0 bridgehead atoms. The smallest absolute Gasteiger partial charge is 0.462 e. The molecule has 418 valence electrons. The molecule has 3 atom stereocenters. The highest BCUT2D eigenvalue weighted by Crippen LogP contribution is 2.43.